The molecule has 2 saturated heterocycles. The summed E-state index contributed by atoms with van der Waals surface area (Å²) in [5, 5.41) is 20.3. The maximum atomic E-state index is 12.0. The lowest BCUT2D eigenvalue weighted by Crippen LogP contribution is -2.36. The van der Waals surface area contributed by atoms with Crippen LogP contribution < -0.4 is 21.3 Å². The smallest absolute Gasteiger partial charge is 0.329 e. The van der Waals surface area contributed by atoms with Crippen molar-refractivity contribution >= 4 is 35.6 Å². The van der Waals surface area contributed by atoms with Gasteiger partial charge in [0.15, 0.2) is 0 Å². The molecule has 2 rings (SSSR count). The van der Waals surface area contributed by atoms with Gasteiger partial charge in [0.25, 0.3) is 0 Å². The molecule has 0 aliphatic carbocycles. The lowest BCUT2D eigenvalue weighted by molar-refractivity contribution is -0.143. The number of aliphatic carboxylic acids is 1. The van der Waals surface area contributed by atoms with Crippen molar-refractivity contribution in [2.45, 2.75) is 55.9 Å². The van der Waals surface area contributed by atoms with Gasteiger partial charge in [-0.25, -0.2) is 9.59 Å². The summed E-state index contributed by atoms with van der Waals surface area (Å²) < 4.78 is 21.0. The second kappa shape index (κ2) is 19.9. The summed E-state index contributed by atoms with van der Waals surface area (Å²) in [6, 6.07) is 0.402. The SMILES string of the molecule is O=C(O)COCC(=O)NCCCOCCOCCOCCCNC(=O)CCCCC1SCC2NC(=O)NC21. The maximum absolute atomic E-state index is 12.0. The first-order valence-electron chi connectivity index (χ1n) is 13.2. The summed E-state index contributed by atoms with van der Waals surface area (Å²) in [6.07, 6.45) is 4.73. The molecule has 2 aliphatic heterocycles. The minimum Gasteiger partial charge on any atom is -0.480 e. The highest BCUT2D eigenvalue weighted by atomic mass is 32.2. The minimum atomic E-state index is -1.11. The van der Waals surface area contributed by atoms with Crippen LogP contribution in [0.3, 0.4) is 0 Å². The molecule has 0 saturated carbocycles. The average Bonchev–Trinajstić information content (AvgIpc) is 3.43. The van der Waals surface area contributed by atoms with E-state index in [9.17, 15) is 19.2 Å². The molecule has 0 bridgehead atoms. The zero-order valence-electron chi connectivity index (χ0n) is 21.9. The van der Waals surface area contributed by atoms with Crippen molar-refractivity contribution in [3.05, 3.63) is 0 Å². The van der Waals surface area contributed by atoms with Gasteiger partial charge in [-0.05, 0) is 25.7 Å². The molecule has 3 atom stereocenters. The zero-order valence-corrected chi connectivity index (χ0v) is 22.7. The summed E-state index contributed by atoms with van der Waals surface area (Å²) in [5.41, 5.74) is 0. The number of rotatable bonds is 23. The number of hydrogen-bond acceptors (Lipinski definition) is 9. The Labute approximate surface area is 227 Å². The van der Waals surface area contributed by atoms with Gasteiger partial charge in [0, 0.05) is 43.7 Å². The zero-order chi connectivity index (χ0) is 27.4. The van der Waals surface area contributed by atoms with Gasteiger partial charge in [0.1, 0.15) is 13.2 Å². The Hall–Kier alpha value is -2.13. The molecule has 5 N–H and O–H groups in total. The van der Waals surface area contributed by atoms with Crippen LogP contribution in [-0.2, 0) is 33.3 Å². The van der Waals surface area contributed by atoms with E-state index in [-0.39, 0.29) is 36.5 Å². The second-order valence-electron chi connectivity index (χ2n) is 9.00. The number of hydrogen-bond donors (Lipinski definition) is 5. The maximum Gasteiger partial charge on any atom is 0.329 e. The standard InChI is InChI=1S/C24H42N4O9S/c29-20(6-2-1-5-19-23-18(17-38-19)27-24(33)28-23)25-7-3-9-34-11-13-36-14-12-35-10-4-8-26-21(30)15-37-16-22(31)32/h18-19,23H,1-17H2,(H,25,29)(H,26,30)(H,31,32)(H2,27,28,33). The topological polar surface area (TPSA) is 174 Å². The van der Waals surface area contributed by atoms with E-state index in [1.165, 1.54) is 0 Å². The Morgan fingerprint density at radius 3 is 2.11 bits per heavy atom. The van der Waals surface area contributed by atoms with Crippen LogP contribution in [0.5, 0.6) is 0 Å². The van der Waals surface area contributed by atoms with Gasteiger partial charge in [-0.2, -0.15) is 11.8 Å². The Bertz CT molecular complexity index is 731. The predicted octanol–water partition coefficient (Wildman–Crippen LogP) is -0.124. The van der Waals surface area contributed by atoms with Crippen LogP contribution in [-0.4, -0.2) is 118 Å². The van der Waals surface area contributed by atoms with Crippen molar-refractivity contribution in [1.82, 2.24) is 21.3 Å². The number of nitrogens with one attached hydrogen (secondary N) is 4. The summed E-state index contributed by atoms with van der Waals surface area (Å²) in [7, 11) is 0. The van der Waals surface area contributed by atoms with E-state index in [0.717, 1.165) is 31.4 Å². The van der Waals surface area contributed by atoms with Crippen LogP contribution in [0.4, 0.5) is 4.79 Å². The fourth-order valence-electron chi connectivity index (χ4n) is 3.99. The van der Waals surface area contributed by atoms with Crippen molar-refractivity contribution in [3.8, 4) is 0 Å². The van der Waals surface area contributed by atoms with Crippen LogP contribution in [0.2, 0.25) is 0 Å². The minimum absolute atomic E-state index is 0.0632. The number of carboxylic acid groups (broad SMARTS) is 1. The molecule has 13 nitrogen and oxygen atoms in total. The number of thioether (sulfide) groups is 1. The van der Waals surface area contributed by atoms with Gasteiger partial charge in [0.2, 0.25) is 11.8 Å². The van der Waals surface area contributed by atoms with Gasteiger partial charge >= 0.3 is 12.0 Å². The number of unbranched alkanes of at least 4 members (excludes halogenated alkanes) is 1. The Morgan fingerprint density at radius 2 is 1.45 bits per heavy atom. The van der Waals surface area contributed by atoms with E-state index in [0.29, 0.717) is 70.8 Å². The molecular formula is C24H42N4O9S. The number of amides is 4. The number of fused-ring (bicyclic) bond motifs is 1. The number of ether oxygens (including phenoxy) is 4. The van der Waals surface area contributed by atoms with Gasteiger partial charge < -0.3 is 45.3 Å². The third-order valence-corrected chi connectivity index (χ3v) is 7.37. The predicted molar refractivity (Wildman–Crippen MR) is 140 cm³/mol. The number of carbonyl (C=O) groups is 4. The van der Waals surface area contributed by atoms with E-state index in [2.05, 4.69) is 26.0 Å². The molecule has 0 spiro atoms. The Kier molecular flexibility index (Phi) is 16.8. The van der Waals surface area contributed by atoms with Crippen molar-refractivity contribution in [2.75, 3.05) is 71.7 Å². The van der Waals surface area contributed by atoms with Crippen molar-refractivity contribution in [3.63, 3.8) is 0 Å². The van der Waals surface area contributed by atoms with Crippen LogP contribution in [0, 0.1) is 0 Å². The highest BCUT2D eigenvalue weighted by Crippen LogP contribution is 2.33. The van der Waals surface area contributed by atoms with E-state index >= 15 is 0 Å². The largest absolute Gasteiger partial charge is 0.480 e. The number of carboxylic acids is 1. The normalized spacial score (nSPS) is 20.0. The van der Waals surface area contributed by atoms with Gasteiger partial charge in [-0.15, -0.1) is 0 Å². The third-order valence-electron chi connectivity index (χ3n) is 5.86. The fourth-order valence-corrected chi connectivity index (χ4v) is 5.53. The highest BCUT2D eigenvalue weighted by molar-refractivity contribution is 8.00. The highest BCUT2D eigenvalue weighted by Gasteiger charge is 2.42. The van der Waals surface area contributed by atoms with Gasteiger partial charge in [0.05, 0.1) is 38.5 Å². The molecule has 2 aliphatic rings. The first kappa shape index (κ1) is 32.1. The monoisotopic (exact) mass is 562 g/mol. The number of urea groups is 1. The third kappa shape index (κ3) is 14.7. The quantitative estimate of drug-likeness (QED) is 0.0834. The molecule has 0 aromatic heterocycles. The lowest BCUT2D eigenvalue weighted by atomic mass is 10.0. The van der Waals surface area contributed by atoms with E-state index in [1.807, 2.05) is 11.8 Å². The molecule has 14 heteroatoms. The van der Waals surface area contributed by atoms with E-state index in [1.54, 1.807) is 0 Å². The van der Waals surface area contributed by atoms with Crippen molar-refractivity contribution in [1.29, 1.82) is 0 Å². The van der Waals surface area contributed by atoms with Crippen molar-refractivity contribution < 1.29 is 43.2 Å². The summed E-state index contributed by atoms with van der Waals surface area (Å²) in [5.74, 6) is -0.455. The van der Waals surface area contributed by atoms with E-state index < -0.39 is 12.6 Å². The Balaban J connectivity index is 1.25. The molecule has 2 fully saturated rings. The van der Waals surface area contributed by atoms with E-state index in [4.69, 9.17) is 19.3 Å². The molecule has 2 heterocycles. The lowest BCUT2D eigenvalue weighted by Gasteiger charge is -2.16. The first-order chi connectivity index (χ1) is 18.5. The molecule has 4 amide bonds. The average molecular weight is 563 g/mol. The van der Waals surface area contributed by atoms with Crippen LogP contribution in [0.15, 0.2) is 0 Å². The van der Waals surface area contributed by atoms with Crippen molar-refractivity contribution in [2.24, 2.45) is 0 Å². The summed E-state index contributed by atoms with van der Waals surface area (Å²) in [6.45, 7) is 3.08. The molecule has 218 valence electrons. The summed E-state index contributed by atoms with van der Waals surface area (Å²) >= 11 is 1.90. The molecule has 38 heavy (non-hydrogen) atoms. The van der Waals surface area contributed by atoms with Gasteiger partial charge in [-0.1, -0.05) is 6.42 Å². The fraction of sp³-hybridized carbons (Fsp3) is 0.833. The van der Waals surface area contributed by atoms with Crippen LogP contribution in [0.1, 0.15) is 38.5 Å². The molecule has 0 aromatic carbocycles. The Morgan fingerprint density at radius 1 is 0.816 bits per heavy atom. The molecule has 0 radical (unpaired) electrons. The number of carbonyl (C=O) groups excluding carboxylic acids is 3. The van der Waals surface area contributed by atoms with Crippen LogP contribution >= 0.6 is 11.8 Å². The molecular weight excluding hydrogens is 520 g/mol. The molecule has 3 unspecified atom stereocenters. The van der Waals surface area contributed by atoms with Gasteiger partial charge in [-0.3, -0.25) is 9.59 Å². The molecule has 0 aromatic rings. The second-order valence-corrected chi connectivity index (χ2v) is 10.3. The van der Waals surface area contributed by atoms with Crippen LogP contribution in [0.25, 0.3) is 0 Å². The first-order valence-corrected chi connectivity index (χ1v) is 14.3. The summed E-state index contributed by atoms with van der Waals surface area (Å²) in [4.78, 5) is 45.0.